The van der Waals surface area contributed by atoms with Crippen molar-refractivity contribution in [3.8, 4) is 0 Å². The molecule has 3 heterocycles. The number of aromatic nitrogens is 1. The number of carbonyl (C=O) groups excluding carboxylic acids is 2. The molecule has 154 valence electrons. The van der Waals surface area contributed by atoms with Crippen LogP contribution in [0.25, 0.3) is 0 Å². The topological polar surface area (TPSA) is 121 Å². The number of anilines is 1. The summed E-state index contributed by atoms with van der Waals surface area (Å²) in [6.45, 7) is 8.30. The summed E-state index contributed by atoms with van der Waals surface area (Å²) in [4.78, 5) is 38.7. The lowest BCUT2D eigenvalue weighted by Gasteiger charge is -2.36. The number of nitrogens with zero attached hydrogens (tertiary/aromatic N) is 2. The molecule has 1 saturated heterocycles. The predicted molar refractivity (Wildman–Crippen MR) is 106 cm³/mol. The molecule has 1 aromatic rings. The smallest absolute Gasteiger partial charge is 0.407 e. The molecule has 1 fully saturated rings. The van der Waals surface area contributed by atoms with Crippen molar-refractivity contribution < 1.29 is 24.2 Å². The van der Waals surface area contributed by atoms with Crippen LogP contribution in [0.5, 0.6) is 0 Å². The van der Waals surface area contributed by atoms with E-state index in [9.17, 15) is 14.4 Å². The van der Waals surface area contributed by atoms with Gasteiger partial charge in [0.25, 0.3) is 0 Å². The number of rotatable bonds is 3. The predicted octanol–water partition coefficient (Wildman–Crippen LogP) is 1.69. The van der Waals surface area contributed by atoms with E-state index in [2.05, 4.69) is 15.6 Å². The van der Waals surface area contributed by atoms with E-state index in [4.69, 9.17) is 9.84 Å². The first kappa shape index (κ1) is 22.1. The summed E-state index contributed by atoms with van der Waals surface area (Å²) >= 11 is 1.43. The van der Waals surface area contributed by atoms with Gasteiger partial charge in [-0.1, -0.05) is 0 Å². The quantitative estimate of drug-likeness (QED) is 0.644. The molecular weight excluding hydrogens is 384 g/mol. The van der Waals surface area contributed by atoms with Gasteiger partial charge in [-0.05, 0) is 32.9 Å². The second-order valence-corrected chi connectivity index (χ2v) is 8.32. The maximum atomic E-state index is 11.1. The monoisotopic (exact) mass is 410 g/mol. The third kappa shape index (κ3) is 6.47. The number of carbonyl (C=O) groups is 3. The van der Waals surface area contributed by atoms with Crippen molar-refractivity contribution >= 4 is 35.9 Å². The minimum absolute atomic E-state index is 0.0333. The number of nitrogens with one attached hydrogen (secondary N) is 2. The van der Waals surface area contributed by atoms with Gasteiger partial charge >= 0.3 is 6.09 Å². The number of hydrogen-bond donors (Lipinski definition) is 3. The van der Waals surface area contributed by atoms with E-state index in [0.29, 0.717) is 36.7 Å². The van der Waals surface area contributed by atoms with Crippen LogP contribution in [0.4, 0.5) is 10.6 Å². The highest BCUT2D eigenvalue weighted by Gasteiger charge is 2.29. The fraction of sp³-hybridized carbons (Fsp3) is 0.556. The molecular formula is C18H26N4O5S. The summed E-state index contributed by atoms with van der Waals surface area (Å²) in [5, 5.41) is 14.9. The maximum Gasteiger partial charge on any atom is 0.407 e. The van der Waals surface area contributed by atoms with E-state index in [0.717, 1.165) is 18.0 Å². The third-order valence-corrected chi connectivity index (χ3v) is 5.10. The van der Waals surface area contributed by atoms with Crippen LogP contribution in [0, 0.1) is 0 Å². The van der Waals surface area contributed by atoms with Crippen LogP contribution in [0.3, 0.4) is 0 Å². The number of aldehydes is 1. The van der Waals surface area contributed by atoms with E-state index in [1.807, 2.05) is 20.8 Å². The molecule has 2 amide bonds. The van der Waals surface area contributed by atoms with Crippen molar-refractivity contribution in [3.05, 3.63) is 17.8 Å². The lowest BCUT2D eigenvalue weighted by atomic mass is 10.1. The lowest BCUT2D eigenvalue weighted by molar-refractivity contribution is -0.113. The summed E-state index contributed by atoms with van der Waals surface area (Å²) in [5.74, 6) is 0.827. The highest BCUT2D eigenvalue weighted by atomic mass is 32.2. The van der Waals surface area contributed by atoms with Crippen molar-refractivity contribution in [2.24, 2.45) is 0 Å². The molecule has 1 aromatic heterocycles. The molecule has 0 unspecified atom stereocenters. The Morgan fingerprint density at radius 3 is 2.79 bits per heavy atom. The van der Waals surface area contributed by atoms with E-state index in [1.165, 1.54) is 16.7 Å². The fourth-order valence-electron chi connectivity index (χ4n) is 2.62. The van der Waals surface area contributed by atoms with Gasteiger partial charge in [-0.15, -0.1) is 11.8 Å². The first-order valence-electron chi connectivity index (χ1n) is 8.92. The molecule has 0 aromatic carbocycles. The van der Waals surface area contributed by atoms with E-state index in [-0.39, 0.29) is 17.6 Å². The van der Waals surface area contributed by atoms with Gasteiger partial charge in [0.05, 0.1) is 29.9 Å². The molecule has 3 N–H and O–H groups in total. The van der Waals surface area contributed by atoms with E-state index in [1.54, 1.807) is 12.1 Å². The van der Waals surface area contributed by atoms with Crippen LogP contribution in [-0.4, -0.2) is 76.9 Å². The Hall–Kier alpha value is -2.17. The Labute approximate surface area is 168 Å². The van der Waals surface area contributed by atoms with Gasteiger partial charge < -0.3 is 25.4 Å². The van der Waals surface area contributed by atoms with Crippen molar-refractivity contribution in [2.45, 2.75) is 37.3 Å². The van der Waals surface area contributed by atoms with E-state index < -0.39 is 6.09 Å². The average molecular weight is 410 g/mol. The van der Waals surface area contributed by atoms with Crippen LogP contribution in [0.1, 0.15) is 31.3 Å². The molecule has 0 radical (unpaired) electrons. The standard InChI is InChI=1S/C10H20N2O3.C8H6N2O2S/c1-10(2,3)12(9(13)14)7-8-6-11-4-5-15-8;11-3-5-1-2-6-8(9-5)10-7(12)4-13-6/h8,11H,4-7H2,1-3H3,(H,13,14);1-3H,4H2,(H,9,10,12)/t8-;/m1./s1. The molecule has 3 rings (SSSR count). The Bertz CT molecular complexity index is 716. The number of pyridine rings is 1. The highest BCUT2D eigenvalue weighted by Crippen LogP contribution is 2.29. The molecule has 28 heavy (non-hydrogen) atoms. The second-order valence-electron chi connectivity index (χ2n) is 7.30. The average Bonchev–Trinajstić information content (AvgIpc) is 2.65. The number of ether oxygens (including phenoxy) is 1. The summed E-state index contributed by atoms with van der Waals surface area (Å²) < 4.78 is 5.49. The largest absolute Gasteiger partial charge is 0.465 e. The Morgan fingerprint density at radius 1 is 1.46 bits per heavy atom. The number of carboxylic acid groups (broad SMARTS) is 1. The van der Waals surface area contributed by atoms with Crippen molar-refractivity contribution in [1.29, 1.82) is 0 Å². The maximum absolute atomic E-state index is 11.1. The number of hydrogen-bond acceptors (Lipinski definition) is 7. The summed E-state index contributed by atoms with van der Waals surface area (Å²) in [5.41, 5.74) is -0.0475. The Balaban J connectivity index is 0.000000202. The van der Waals surface area contributed by atoms with Crippen LogP contribution in [-0.2, 0) is 9.53 Å². The molecule has 9 nitrogen and oxygen atoms in total. The van der Waals surface area contributed by atoms with Gasteiger partial charge in [-0.2, -0.15) is 0 Å². The van der Waals surface area contributed by atoms with Crippen molar-refractivity contribution in [1.82, 2.24) is 15.2 Å². The summed E-state index contributed by atoms with van der Waals surface area (Å²) in [6.07, 6.45) is -0.267. The van der Waals surface area contributed by atoms with Crippen LogP contribution in [0.2, 0.25) is 0 Å². The van der Waals surface area contributed by atoms with Crippen molar-refractivity contribution in [3.63, 3.8) is 0 Å². The number of amides is 2. The van der Waals surface area contributed by atoms with Crippen LogP contribution < -0.4 is 10.6 Å². The zero-order chi connectivity index (χ0) is 20.7. The third-order valence-electron chi connectivity index (χ3n) is 4.05. The molecule has 10 heteroatoms. The molecule has 2 aliphatic heterocycles. The summed E-state index contributed by atoms with van der Waals surface area (Å²) in [7, 11) is 0. The number of fused-ring (bicyclic) bond motifs is 1. The second kappa shape index (κ2) is 9.85. The SMILES string of the molecule is CC(C)(C)N(C[C@H]1CNCCO1)C(=O)O.O=Cc1ccc2c(n1)NC(=O)CS2. The zero-order valence-corrected chi connectivity index (χ0v) is 17.0. The molecule has 2 aliphatic rings. The van der Waals surface area contributed by atoms with Crippen LogP contribution >= 0.6 is 11.8 Å². The van der Waals surface area contributed by atoms with E-state index >= 15 is 0 Å². The Morgan fingerprint density at radius 2 is 2.21 bits per heavy atom. The van der Waals surface area contributed by atoms with Crippen LogP contribution in [0.15, 0.2) is 17.0 Å². The van der Waals surface area contributed by atoms with Gasteiger partial charge in [-0.25, -0.2) is 9.78 Å². The van der Waals surface area contributed by atoms with Gasteiger partial charge in [0.2, 0.25) is 5.91 Å². The molecule has 0 spiro atoms. The minimum Gasteiger partial charge on any atom is -0.465 e. The van der Waals surface area contributed by atoms with Crippen molar-refractivity contribution in [2.75, 3.05) is 37.3 Å². The highest BCUT2D eigenvalue weighted by molar-refractivity contribution is 8.00. The summed E-state index contributed by atoms with van der Waals surface area (Å²) in [6, 6.07) is 3.42. The molecule has 0 bridgehead atoms. The van der Waals surface area contributed by atoms with Gasteiger partial charge in [0.1, 0.15) is 11.5 Å². The molecule has 0 saturated carbocycles. The molecule has 0 aliphatic carbocycles. The lowest BCUT2D eigenvalue weighted by Crippen LogP contribution is -2.52. The normalized spacial score (nSPS) is 18.8. The first-order chi connectivity index (χ1) is 13.2. The van der Waals surface area contributed by atoms with Gasteiger partial charge in [-0.3, -0.25) is 9.59 Å². The fourth-order valence-corrected chi connectivity index (χ4v) is 3.38. The number of morpholine rings is 1. The molecule has 1 atom stereocenters. The Kier molecular flexibility index (Phi) is 7.78. The van der Waals surface area contributed by atoms with Gasteiger partial charge in [0, 0.05) is 18.6 Å². The zero-order valence-electron chi connectivity index (χ0n) is 16.2. The number of thioether (sulfide) groups is 1. The minimum atomic E-state index is -0.892. The first-order valence-corrected chi connectivity index (χ1v) is 9.91. The van der Waals surface area contributed by atoms with Gasteiger partial charge in [0.15, 0.2) is 6.29 Å².